The molecule has 5 heteroatoms. The molecule has 4 nitrogen and oxygen atoms in total. The van der Waals surface area contributed by atoms with Gasteiger partial charge in [0.15, 0.2) is 0 Å². The van der Waals surface area contributed by atoms with Gasteiger partial charge in [-0.3, -0.25) is 4.68 Å². The van der Waals surface area contributed by atoms with Crippen molar-refractivity contribution in [3.8, 4) is 5.75 Å². The van der Waals surface area contributed by atoms with Gasteiger partial charge in [-0.05, 0) is 26.0 Å². The average molecular weight is 308 g/mol. The molecule has 0 saturated carbocycles. The predicted molar refractivity (Wildman–Crippen MR) is 86.0 cm³/mol. The normalized spacial score (nSPS) is 12.4. The first-order valence-electron chi connectivity index (χ1n) is 7.21. The zero-order chi connectivity index (χ0) is 15.2. The largest absolute Gasteiger partial charge is 0.496 e. The van der Waals surface area contributed by atoms with Gasteiger partial charge in [0.1, 0.15) is 5.75 Å². The molecular weight excluding hydrogens is 286 g/mol. The highest BCUT2D eigenvalue weighted by atomic mass is 35.5. The van der Waals surface area contributed by atoms with Crippen molar-refractivity contribution >= 4 is 11.6 Å². The molecule has 0 fully saturated rings. The summed E-state index contributed by atoms with van der Waals surface area (Å²) in [5, 5.41) is 8.61. The van der Waals surface area contributed by atoms with Crippen molar-refractivity contribution in [3.05, 3.63) is 46.7 Å². The van der Waals surface area contributed by atoms with Crippen LogP contribution in [-0.2, 0) is 6.54 Å². The summed E-state index contributed by atoms with van der Waals surface area (Å²) in [6, 6.07) is 8.22. The van der Waals surface area contributed by atoms with E-state index in [1.54, 1.807) is 13.3 Å². The molecule has 1 atom stereocenters. The predicted octanol–water partition coefficient (Wildman–Crippen LogP) is 3.59. The number of rotatable bonds is 7. The zero-order valence-corrected chi connectivity index (χ0v) is 13.5. The Morgan fingerprint density at radius 2 is 2.14 bits per heavy atom. The smallest absolute Gasteiger partial charge is 0.123 e. The van der Waals surface area contributed by atoms with Crippen LogP contribution in [-0.4, -0.2) is 23.4 Å². The Hall–Kier alpha value is -1.52. The maximum atomic E-state index is 6.09. The minimum atomic E-state index is 0.135. The SMILES string of the molecule is CCCNC(Cn1ncc(Cl)c1C)c1ccccc1OC. The van der Waals surface area contributed by atoms with Crippen molar-refractivity contribution in [1.82, 2.24) is 15.1 Å². The molecule has 1 aromatic carbocycles. The van der Waals surface area contributed by atoms with Gasteiger partial charge in [0.05, 0.1) is 36.6 Å². The summed E-state index contributed by atoms with van der Waals surface area (Å²) in [7, 11) is 1.70. The summed E-state index contributed by atoms with van der Waals surface area (Å²) in [4.78, 5) is 0. The third kappa shape index (κ3) is 3.77. The van der Waals surface area contributed by atoms with Crippen molar-refractivity contribution in [2.24, 2.45) is 0 Å². The molecule has 0 amide bonds. The molecule has 1 aromatic heterocycles. The lowest BCUT2D eigenvalue weighted by atomic mass is 10.1. The Morgan fingerprint density at radius 3 is 2.76 bits per heavy atom. The fourth-order valence-electron chi connectivity index (χ4n) is 2.33. The standard InChI is InChI=1S/C16H22ClN3O/c1-4-9-18-15(11-20-12(2)14(17)10-19-20)13-7-5-6-8-16(13)21-3/h5-8,10,15,18H,4,9,11H2,1-3H3. The van der Waals surface area contributed by atoms with Crippen molar-refractivity contribution in [2.75, 3.05) is 13.7 Å². The zero-order valence-electron chi connectivity index (χ0n) is 12.8. The lowest BCUT2D eigenvalue weighted by Gasteiger charge is -2.22. The molecule has 0 bridgehead atoms. The maximum absolute atomic E-state index is 6.09. The van der Waals surface area contributed by atoms with Crippen LogP contribution in [0.15, 0.2) is 30.5 Å². The van der Waals surface area contributed by atoms with Gasteiger partial charge in [-0.1, -0.05) is 36.7 Å². The number of halogens is 1. The van der Waals surface area contributed by atoms with E-state index < -0.39 is 0 Å². The average Bonchev–Trinajstić information content (AvgIpc) is 2.83. The number of hydrogen-bond acceptors (Lipinski definition) is 3. The molecule has 0 aliphatic rings. The maximum Gasteiger partial charge on any atom is 0.123 e. The molecule has 0 aliphatic carbocycles. The number of hydrogen-bond donors (Lipinski definition) is 1. The Bertz CT molecular complexity index is 583. The fraction of sp³-hybridized carbons (Fsp3) is 0.438. The summed E-state index contributed by atoms with van der Waals surface area (Å²) in [5.41, 5.74) is 2.12. The second-order valence-corrected chi connectivity index (χ2v) is 5.42. The molecule has 2 aromatic rings. The summed E-state index contributed by atoms with van der Waals surface area (Å²) in [6.07, 6.45) is 2.76. The number of methoxy groups -OCH3 is 1. The fourth-order valence-corrected chi connectivity index (χ4v) is 2.47. The molecule has 1 unspecified atom stereocenters. The van der Waals surface area contributed by atoms with Gasteiger partial charge < -0.3 is 10.1 Å². The quantitative estimate of drug-likeness (QED) is 0.849. The summed E-state index contributed by atoms with van der Waals surface area (Å²) in [5.74, 6) is 0.891. The van der Waals surface area contributed by atoms with Crippen LogP contribution in [0.4, 0.5) is 0 Å². The third-order valence-electron chi connectivity index (χ3n) is 3.55. The van der Waals surface area contributed by atoms with E-state index in [0.717, 1.165) is 36.5 Å². The monoisotopic (exact) mass is 307 g/mol. The van der Waals surface area contributed by atoms with Gasteiger partial charge in [-0.15, -0.1) is 0 Å². The first-order chi connectivity index (χ1) is 10.2. The van der Waals surface area contributed by atoms with Crippen molar-refractivity contribution in [2.45, 2.75) is 32.9 Å². The molecule has 114 valence electrons. The Labute approximate surface area is 131 Å². The van der Waals surface area contributed by atoms with Gasteiger partial charge in [0.25, 0.3) is 0 Å². The molecule has 2 rings (SSSR count). The van der Waals surface area contributed by atoms with Crippen molar-refractivity contribution < 1.29 is 4.74 Å². The van der Waals surface area contributed by atoms with Gasteiger partial charge in [0, 0.05) is 5.56 Å². The summed E-state index contributed by atoms with van der Waals surface area (Å²) >= 11 is 6.09. The van der Waals surface area contributed by atoms with E-state index in [0.29, 0.717) is 5.02 Å². The number of nitrogens with one attached hydrogen (secondary N) is 1. The number of para-hydroxylation sites is 1. The van der Waals surface area contributed by atoms with E-state index >= 15 is 0 Å². The lowest BCUT2D eigenvalue weighted by molar-refractivity contribution is 0.382. The van der Waals surface area contributed by atoms with Crippen LogP contribution >= 0.6 is 11.6 Å². The second kappa shape index (κ2) is 7.48. The third-order valence-corrected chi connectivity index (χ3v) is 3.92. The van der Waals surface area contributed by atoms with Gasteiger partial charge in [-0.25, -0.2) is 0 Å². The van der Waals surface area contributed by atoms with Crippen LogP contribution in [0, 0.1) is 6.92 Å². The molecule has 0 saturated heterocycles. The first kappa shape index (κ1) is 15.9. The van der Waals surface area contributed by atoms with E-state index in [1.165, 1.54) is 0 Å². The first-order valence-corrected chi connectivity index (χ1v) is 7.59. The van der Waals surface area contributed by atoms with Crippen LogP contribution in [0.2, 0.25) is 5.02 Å². The van der Waals surface area contributed by atoms with E-state index in [1.807, 2.05) is 29.8 Å². The molecule has 1 heterocycles. The highest BCUT2D eigenvalue weighted by Gasteiger charge is 2.17. The van der Waals surface area contributed by atoms with E-state index in [-0.39, 0.29) is 6.04 Å². The molecular formula is C16H22ClN3O. The summed E-state index contributed by atoms with van der Waals surface area (Å²) in [6.45, 7) is 5.80. The summed E-state index contributed by atoms with van der Waals surface area (Å²) < 4.78 is 7.42. The molecule has 0 spiro atoms. The van der Waals surface area contributed by atoms with Crippen LogP contribution in [0.5, 0.6) is 5.75 Å². The minimum Gasteiger partial charge on any atom is -0.496 e. The van der Waals surface area contributed by atoms with Crippen LogP contribution in [0.3, 0.4) is 0 Å². The number of benzene rings is 1. The number of aromatic nitrogens is 2. The van der Waals surface area contributed by atoms with E-state index in [2.05, 4.69) is 23.4 Å². The molecule has 1 N–H and O–H groups in total. The topological polar surface area (TPSA) is 39.1 Å². The van der Waals surface area contributed by atoms with E-state index in [9.17, 15) is 0 Å². The van der Waals surface area contributed by atoms with Crippen molar-refractivity contribution in [3.63, 3.8) is 0 Å². The van der Waals surface area contributed by atoms with Gasteiger partial charge >= 0.3 is 0 Å². The minimum absolute atomic E-state index is 0.135. The van der Waals surface area contributed by atoms with Crippen LogP contribution < -0.4 is 10.1 Å². The molecule has 0 radical (unpaired) electrons. The Balaban J connectivity index is 2.27. The lowest BCUT2D eigenvalue weighted by Crippen LogP contribution is -2.27. The molecule has 0 aliphatic heterocycles. The van der Waals surface area contributed by atoms with Gasteiger partial charge in [0.2, 0.25) is 0 Å². The number of ether oxygens (including phenoxy) is 1. The van der Waals surface area contributed by atoms with Crippen molar-refractivity contribution in [1.29, 1.82) is 0 Å². The highest BCUT2D eigenvalue weighted by Crippen LogP contribution is 2.27. The van der Waals surface area contributed by atoms with Crippen LogP contribution in [0.1, 0.15) is 30.6 Å². The number of nitrogens with zero attached hydrogens (tertiary/aromatic N) is 2. The molecule has 21 heavy (non-hydrogen) atoms. The van der Waals surface area contributed by atoms with E-state index in [4.69, 9.17) is 16.3 Å². The highest BCUT2D eigenvalue weighted by molar-refractivity contribution is 6.31. The second-order valence-electron chi connectivity index (χ2n) is 5.01. The van der Waals surface area contributed by atoms with Crippen LogP contribution in [0.25, 0.3) is 0 Å². The van der Waals surface area contributed by atoms with Gasteiger partial charge in [-0.2, -0.15) is 5.10 Å². The Morgan fingerprint density at radius 1 is 1.38 bits per heavy atom. The Kier molecular flexibility index (Phi) is 5.65.